The molecule has 1 aromatic heterocycles. The summed E-state index contributed by atoms with van der Waals surface area (Å²) in [6, 6.07) is 14.9. The van der Waals surface area contributed by atoms with Crippen molar-refractivity contribution in [3.63, 3.8) is 0 Å². The first-order valence-electron chi connectivity index (χ1n) is 12.1. The van der Waals surface area contributed by atoms with Crippen LogP contribution in [0.2, 0.25) is 0 Å². The van der Waals surface area contributed by atoms with Crippen LogP contribution in [-0.2, 0) is 17.8 Å². The minimum Gasteiger partial charge on any atom is -0.493 e. The molecule has 198 valence electrons. The predicted molar refractivity (Wildman–Crippen MR) is 145 cm³/mol. The largest absolute Gasteiger partial charge is 0.493 e. The Morgan fingerprint density at radius 3 is 2.38 bits per heavy atom. The number of carbonyl (C=O) groups is 2. The smallest absolute Gasteiger partial charge is 0.322 e. The van der Waals surface area contributed by atoms with Crippen molar-refractivity contribution in [2.24, 2.45) is 0 Å². The molecule has 0 saturated heterocycles. The van der Waals surface area contributed by atoms with E-state index in [9.17, 15) is 14.0 Å². The Morgan fingerprint density at radius 1 is 1.03 bits per heavy atom. The average molecular weight is 528 g/mol. The van der Waals surface area contributed by atoms with Gasteiger partial charge < -0.3 is 24.6 Å². The van der Waals surface area contributed by atoms with E-state index < -0.39 is 11.8 Å². The van der Waals surface area contributed by atoms with Crippen LogP contribution in [0.25, 0.3) is 0 Å². The number of methoxy groups -OCH3 is 2. The third-order valence-corrected chi connectivity index (χ3v) is 6.90. The quantitative estimate of drug-likeness (QED) is 0.346. The van der Waals surface area contributed by atoms with Gasteiger partial charge in [-0.05, 0) is 69.2 Å². The van der Waals surface area contributed by atoms with Gasteiger partial charge in [0.15, 0.2) is 11.5 Å². The molecule has 0 radical (unpaired) electrons. The fourth-order valence-electron chi connectivity index (χ4n) is 3.83. The second-order valence-corrected chi connectivity index (χ2v) is 10.3. The molecule has 1 heterocycles. The molecule has 0 bridgehead atoms. The molecule has 7 nitrogen and oxygen atoms in total. The van der Waals surface area contributed by atoms with Crippen LogP contribution in [0.1, 0.15) is 29.2 Å². The van der Waals surface area contributed by atoms with E-state index in [1.165, 1.54) is 17.0 Å². The maximum Gasteiger partial charge on any atom is 0.322 e. The lowest BCUT2D eigenvalue weighted by molar-refractivity contribution is -0.132. The van der Waals surface area contributed by atoms with Gasteiger partial charge in [-0.2, -0.15) is 0 Å². The van der Waals surface area contributed by atoms with E-state index in [1.54, 1.807) is 42.6 Å². The Bertz CT molecular complexity index is 1210. The van der Waals surface area contributed by atoms with E-state index >= 15 is 0 Å². The molecule has 37 heavy (non-hydrogen) atoms. The van der Waals surface area contributed by atoms with Gasteiger partial charge in [0.1, 0.15) is 12.4 Å². The first-order valence-corrected chi connectivity index (χ1v) is 12.9. The summed E-state index contributed by atoms with van der Waals surface area (Å²) in [7, 11) is 3.17. The van der Waals surface area contributed by atoms with Crippen molar-refractivity contribution in [1.29, 1.82) is 0 Å². The van der Waals surface area contributed by atoms with Crippen LogP contribution in [-0.4, -0.2) is 55.1 Å². The summed E-state index contributed by atoms with van der Waals surface area (Å²) in [5.41, 5.74) is 1.07. The molecule has 0 aliphatic carbocycles. The molecule has 0 aliphatic rings. The number of nitrogens with one attached hydrogen (secondary N) is 1. The summed E-state index contributed by atoms with van der Waals surface area (Å²) in [6.07, 6.45) is 0.597. The molecule has 9 heteroatoms. The highest BCUT2D eigenvalue weighted by Crippen LogP contribution is 2.28. The van der Waals surface area contributed by atoms with E-state index in [0.717, 1.165) is 15.3 Å². The number of para-hydroxylation sites is 1. The zero-order valence-electron chi connectivity index (χ0n) is 21.9. The van der Waals surface area contributed by atoms with Crippen LogP contribution in [0.3, 0.4) is 0 Å². The number of carbonyl (C=O) groups excluding carboxylic acids is 2. The molecule has 3 rings (SSSR count). The molecular weight excluding hydrogens is 493 g/mol. The zero-order valence-corrected chi connectivity index (χ0v) is 22.7. The van der Waals surface area contributed by atoms with E-state index in [-0.39, 0.29) is 24.2 Å². The number of thiophene rings is 1. The molecule has 0 fully saturated rings. The Kier molecular flexibility index (Phi) is 9.91. The van der Waals surface area contributed by atoms with E-state index in [0.29, 0.717) is 31.0 Å². The topological polar surface area (TPSA) is 71.1 Å². The van der Waals surface area contributed by atoms with Gasteiger partial charge in [0.05, 0.1) is 26.5 Å². The molecule has 0 spiro atoms. The second kappa shape index (κ2) is 13.1. The van der Waals surface area contributed by atoms with E-state index in [1.807, 2.05) is 51.1 Å². The van der Waals surface area contributed by atoms with Crippen LogP contribution in [0.15, 0.2) is 54.6 Å². The zero-order chi connectivity index (χ0) is 26.9. The van der Waals surface area contributed by atoms with E-state index in [4.69, 9.17) is 9.47 Å². The van der Waals surface area contributed by atoms with Crippen molar-refractivity contribution in [3.05, 3.63) is 75.7 Å². The van der Waals surface area contributed by atoms with Gasteiger partial charge in [0, 0.05) is 22.3 Å². The van der Waals surface area contributed by atoms with Gasteiger partial charge in [-0.1, -0.05) is 18.2 Å². The van der Waals surface area contributed by atoms with Crippen LogP contribution >= 0.6 is 11.3 Å². The highest BCUT2D eigenvalue weighted by Gasteiger charge is 2.25. The summed E-state index contributed by atoms with van der Waals surface area (Å²) >= 11 is 1.64. The lowest BCUT2D eigenvalue weighted by Crippen LogP contribution is -2.47. The second-order valence-electron chi connectivity index (χ2n) is 8.90. The standard InChI is InChI=1S/C28H34FN3O4S/c1-19(2)32(28(34)30-24-9-7-6-8-23(24)29)18-27(33)31(17-22-12-10-20(3)37-22)15-14-21-11-13-25(35-4)26(16-21)36-5/h6-13,16,19H,14-15,17-18H2,1-5H3,(H,30,34). The molecule has 0 saturated carbocycles. The van der Waals surface area contributed by atoms with Crippen LogP contribution in [0, 0.1) is 12.7 Å². The van der Waals surface area contributed by atoms with Gasteiger partial charge >= 0.3 is 6.03 Å². The number of halogens is 1. The number of hydrogen-bond acceptors (Lipinski definition) is 5. The van der Waals surface area contributed by atoms with E-state index in [2.05, 4.69) is 5.32 Å². The monoisotopic (exact) mass is 527 g/mol. The van der Waals surface area contributed by atoms with Crippen LogP contribution in [0.5, 0.6) is 11.5 Å². The number of benzene rings is 2. The first kappa shape index (κ1) is 28.0. The maximum absolute atomic E-state index is 14.1. The van der Waals surface area contributed by atoms with Crippen molar-refractivity contribution < 1.29 is 23.5 Å². The normalized spacial score (nSPS) is 10.8. The number of ether oxygens (including phenoxy) is 2. The SMILES string of the molecule is COc1ccc(CCN(Cc2ccc(C)s2)C(=O)CN(C(=O)Nc2ccccc2F)C(C)C)cc1OC. The van der Waals surface area contributed by atoms with Gasteiger partial charge in [-0.25, -0.2) is 9.18 Å². The number of aryl methyl sites for hydroxylation is 1. The lowest BCUT2D eigenvalue weighted by Gasteiger charge is -2.30. The number of anilines is 1. The Labute approximate surface area is 221 Å². The summed E-state index contributed by atoms with van der Waals surface area (Å²) in [5, 5.41) is 2.59. The molecule has 1 N–H and O–H groups in total. The van der Waals surface area contributed by atoms with Gasteiger partial charge in [-0.3, -0.25) is 4.79 Å². The number of rotatable bonds is 11. The van der Waals surface area contributed by atoms with Gasteiger partial charge in [-0.15, -0.1) is 11.3 Å². The third-order valence-electron chi connectivity index (χ3n) is 5.92. The highest BCUT2D eigenvalue weighted by molar-refractivity contribution is 7.11. The molecule has 0 aliphatic heterocycles. The number of hydrogen-bond donors (Lipinski definition) is 1. The summed E-state index contributed by atoms with van der Waals surface area (Å²) in [4.78, 5) is 31.9. The van der Waals surface area contributed by atoms with Crippen molar-refractivity contribution >= 4 is 29.0 Å². The van der Waals surface area contributed by atoms with Gasteiger partial charge in [0.2, 0.25) is 5.91 Å². The Morgan fingerprint density at radius 2 is 1.76 bits per heavy atom. The minimum atomic E-state index is -0.532. The maximum atomic E-state index is 14.1. The average Bonchev–Trinajstić information content (AvgIpc) is 3.30. The number of amides is 3. The molecule has 2 aromatic carbocycles. The summed E-state index contributed by atoms with van der Waals surface area (Å²) < 4.78 is 24.8. The summed E-state index contributed by atoms with van der Waals surface area (Å²) in [5.74, 6) is 0.545. The van der Waals surface area contributed by atoms with Crippen molar-refractivity contribution in [2.45, 2.75) is 39.8 Å². The number of urea groups is 1. The third kappa shape index (κ3) is 7.69. The molecule has 0 atom stereocenters. The Hall–Kier alpha value is -3.59. The Balaban J connectivity index is 1.76. The molecule has 0 unspecified atom stereocenters. The highest BCUT2D eigenvalue weighted by atomic mass is 32.1. The molecular formula is C28H34FN3O4S. The van der Waals surface area contributed by atoms with Crippen LogP contribution in [0.4, 0.5) is 14.9 Å². The predicted octanol–water partition coefficient (Wildman–Crippen LogP) is 5.73. The van der Waals surface area contributed by atoms with Crippen molar-refractivity contribution in [2.75, 3.05) is 32.6 Å². The molecule has 3 aromatic rings. The minimum absolute atomic E-state index is 0.0740. The molecule has 3 amide bonds. The van der Waals surface area contributed by atoms with Gasteiger partial charge in [0.25, 0.3) is 0 Å². The first-order chi connectivity index (χ1) is 17.7. The summed E-state index contributed by atoms with van der Waals surface area (Å²) in [6.45, 7) is 6.43. The fourth-order valence-corrected chi connectivity index (χ4v) is 4.74. The van der Waals surface area contributed by atoms with Crippen molar-refractivity contribution in [3.8, 4) is 11.5 Å². The fraction of sp³-hybridized carbons (Fsp3) is 0.357. The lowest BCUT2D eigenvalue weighted by atomic mass is 10.1. The van der Waals surface area contributed by atoms with Crippen LogP contribution < -0.4 is 14.8 Å². The number of nitrogens with zero attached hydrogens (tertiary/aromatic N) is 2. The van der Waals surface area contributed by atoms with Crippen molar-refractivity contribution in [1.82, 2.24) is 9.80 Å².